The molecule has 12 heteroatoms. The lowest BCUT2D eigenvalue weighted by Crippen LogP contribution is -2.33. The molecular weight excluding hydrogens is 530 g/mol. The van der Waals surface area contributed by atoms with Crippen LogP contribution in [0, 0.1) is 10.1 Å². The van der Waals surface area contributed by atoms with Crippen LogP contribution in [0.5, 0.6) is 0 Å². The van der Waals surface area contributed by atoms with Gasteiger partial charge in [0.1, 0.15) is 16.9 Å². The van der Waals surface area contributed by atoms with Crippen LogP contribution in [-0.2, 0) is 20.8 Å². The third-order valence-electron chi connectivity index (χ3n) is 5.95. The van der Waals surface area contributed by atoms with E-state index in [-0.39, 0.29) is 53.5 Å². The van der Waals surface area contributed by atoms with E-state index in [0.717, 1.165) is 6.08 Å². The molecule has 0 aromatic carbocycles. The topological polar surface area (TPSA) is 147 Å². The van der Waals surface area contributed by atoms with E-state index in [1.54, 1.807) is 35.9 Å². The number of nitrogens with zero attached hydrogens (tertiary/aromatic N) is 5. The highest BCUT2D eigenvalue weighted by Crippen LogP contribution is 2.13. The summed E-state index contributed by atoms with van der Waals surface area (Å²) in [4.78, 5) is 59.0. The molecule has 12 nitrogen and oxygen atoms in total. The van der Waals surface area contributed by atoms with E-state index in [2.05, 4.69) is 16.6 Å². The van der Waals surface area contributed by atoms with E-state index in [1.165, 1.54) is 29.5 Å². The second-order valence-corrected chi connectivity index (χ2v) is 9.25. The van der Waals surface area contributed by atoms with Crippen LogP contribution in [0.1, 0.15) is 50.9 Å². The molecule has 3 aromatic rings. The number of esters is 1. The van der Waals surface area contributed by atoms with Crippen molar-refractivity contribution in [3.63, 3.8) is 0 Å². The number of nitro groups is 1. The maximum absolute atomic E-state index is 13.4. The maximum atomic E-state index is 13.4. The van der Waals surface area contributed by atoms with Crippen molar-refractivity contribution in [2.45, 2.75) is 53.2 Å². The number of carbonyl (C=O) groups excluding carboxylic acids is 2. The average molecular weight is 564 g/mol. The third-order valence-corrected chi connectivity index (χ3v) is 5.95. The van der Waals surface area contributed by atoms with Crippen LogP contribution in [0.15, 0.2) is 76.3 Å². The highest BCUT2D eigenvalue weighted by molar-refractivity contribution is 5.93. The number of amides is 1. The first-order valence-electron chi connectivity index (χ1n) is 13.1. The second-order valence-electron chi connectivity index (χ2n) is 9.25. The van der Waals surface area contributed by atoms with Crippen molar-refractivity contribution in [1.29, 1.82) is 0 Å². The molecule has 3 heterocycles. The van der Waals surface area contributed by atoms with Gasteiger partial charge in [0.05, 0.1) is 23.0 Å². The summed E-state index contributed by atoms with van der Waals surface area (Å²) in [6.07, 6.45) is 5.86. The van der Waals surface area contributed by atoms with Crippen LogP contribution in [0.4, 0.5) is 0 Å². The van der Waals surface area contributed by atoms with Gasteiger partial charge in [-0.15, -0.1) is 0 Å². The summed E-state index contributed by atoms with van der Waals surface area (Å²) in [5.41, 5.74) is 0.303. The zero-order chi connectivity index (χ0) is 30.1. The molecule has 0 atom stereocenters. The molecule has 0 aliphatic rings. The molecule has 216 valence electrons. The molecule has 0 unspecified atom stereocenters. The zero-order valence-corrected chi connectivity index (χ0v) is 23.5. The Labute approximate surface area is 236 Å². The molecule has 0 saturated heterocycles. The largest absolute Gasteiger partial charge is 0.462 e. The number of ether oxygens (including phenoxy) is 2. The fraction of sp³-hybridized carbons (Fsp3) is 0.345. The molecule has 0 radical (unpaired) electrons. The van der Waals surface area contributed by atoms with E-state index < -0.39 is 22.4 Å². The van der Waals surface area contributed by atoms with E-state index in [9.17, 15) is 24.5 Å². The number of allylic oxidation sites excluding steroid dienone is 3. The molecule has 0 bridgehead atoms. The first kappa shape index (κ1) is 30.8. The Morgan fingerprint density at radius 3 is 2.71 bits per heavy atom. The Morgan fingerprint density at radius 1 is 1.29 bits per heavy atom. The van der Waals surface area contributed by atoms with Crippen molar-refractivity contribution >= 4 is 28.6 Å². The number of fused-ring (bicyclic) bond motifs is 2. The first-order valence-corrected chi connectivity index (χ1v) is 13.1. The Kier molecular flexibility index (Phi) is 10.6. The predicted molar refractivity (Wildman–Crippen MR) is 153 cm³/mol. The minimum absolute atomic E-state index is 0.00117. The maximum Gasteiger partial charge on any atom is 0.341 e. The summed E-state index contributed by atoms with van der Waals surface area (Å²) >= 11 is 0. The van der Waals surface area contributed by atoms with Crippen LogP contribution in [0.2, 0.25) is 0 Å². The van der Waals surface area contributed by atoms with Gasteiger partial charge in [-0.1, -0.05) is 24.8 Å². The van der Waals surface area contributed by atoms with Gasteiger partial charge in [0, 0.05) is 37.4 Å². The molecule has 0 saturated carbocycles. The van der Waals surface area contributed by atoms with Gasteiger partial charge in [0.15, 0.2) is 5.49 Å². The summed E-state index contributed by atoms with van der Waals surface area (Å²) in [5, 5.41) is 11.3. The van der Waals surface area contributed by atoms with Gasteiger partial charge in [-0.05, 0) is 52.3 Å². The molecule has 1 amide bonds. The van der Waals surface area contributed by atoms with Crippen molar-refractivity contribution in [1.82, 2.24) is 14.0 Å². The van der Waals surface area contributed by atoms with Gasteiger partial charge in [-0.3, -0.25) is 24.1 Å². The lowest BCUT2D eigenvalue weighted by molar-refractivity contribution is -0.419. The Hall–Kier alpha value is -4.71. The Balaban J connectivity index is 2.23. The number of hydrogen-bond donors (Lipinski definition) is 0. The van der Waals surface area contributed by atoms with Crippen LogP contribution in [0.25, 0.3) is 16.7 Å². The van der Waals surface area contributed by atoms with Crippen LogP contribution in [-0.4, -0.2) is 50.1 Å². The van der Waals surface area contributed by atoms with Crippen molar-refractivity contribution in [2.24, 2.45) is 4.99 Å². The standard InChI is InChI=1S/C29H33N5O7/c1-6-23(34(38)39)20(5)12-10-14-25(35)31-27-22(29(37)40-7-2)18-21-26(33(27)16-11-17-41-19(3)4)30-24-13-8-9-15-32(24)28(21)36/h6,8-10,12-13,15,18-19H,1,7,11,14,16-17H2,2-5H3/b12-10-,23-20+,31-27?. The molecule has 0 fully saturated rings. The summed E-state index contributed by atoms with van der Waals surface area (Å²) in [5.74, 6) is -1.37. The zero-order valence-electron chi connectivity index (χ0n) is 23.5. The van der Waals surface area contributed by atoms with Gasteiger partial charge in [0.2, 0.25) is 0 Å². The van der Waals surface area contributed by atoms with Crippen molar-refractivity contribution in [2.75, 3.05) is 13.2 Å². The number of hydrogen-bond acceptors (Lipinski definition) is 8. The number of rotatable bonds is 12. The number of aryl methyl sites for hydroxylation is 1. The van der Waals surface area contributed by atoms with E-state index >= 15 is 0 Å². The molecule has 0 spiro atoms. The summed E-state index contributed by atoms with van der Waals surface area (Å²) in [6, 6.07) is 6.47. The molecule has 0 N–H and O–H groups in total. The lowest BCUT2D eigenvalue weighted by atomic mass is 10.2. The highest BCUT2D eigenvalue weighted by atomic mass is 16.6. The fourth-order valence-electron chi connectivity index (χ4n) is 4.08. The number of pyridine rings is 2. The second kappa shape index (κ2) is 14.1. The quantitative estimate of drug-likeness (QED) is 0.0808. The number of carbonyl (C=O) groups is 2. The Morgan fingerprint density at radius 2 is 2.05 bits per heavy atom. The SMILES string of the molecule is C=C/C(=C(C)\C=C/CC(=O)N=c1c(C(=O)OCC)cc2c(=O)n3ccccc3nc2n1CCCOC(C)C)[N+](=O)[O-]. The number of aromatic nitrogens is 3. The average Bonchev–Trinajstić information content (AvgIpc) is 2.92. The summed E-state index contributed by atoms with van der Waals surface area (Å²) in [6.45, 7) is 11.1. The molecule has 3 aromatic heterocycles. The summed E-state index contributed by atoms with van der Waals surface area (Å²) < 4.78 is 13.8. The molecule has 41 heavy (non-hydrogen) atoms. The van der Waals surface area contributed by atoms with Crippen molar-refractivity contribution in [3.8, 4) is 0 Å². The summed E-state index contributed by atoms with van der Waals surface area (Å²) in [7, 11) is 0. The minimum Gasteiger partial charge on any atom is -0.462 e. The van der Waals surface area contributed by atoms with Crippen molar-refractivity contribution < 1.29 is 24.0 Å². The predicted octanol–water partition coefficient (Wildman–Crippen LogP) is 3.75. The molecule has 0 aliphatic carbocycles. The van der Waals surface area contributed by atoms with E-state index in [4.69, 9.17) is 9.47 Å². The molecule has 3 rings (SSSR count). The van der Waals surface area contributed by atoms with Gasteiger partial charge in [-0.2, -0.15) is 4.99 Å². The van der Waals surface area contributed by atoms with E-state index in [1.807, 2.05) is 13.8 Å². The van der Waals surface area contributed by atoms with Crippen LogP contribution >= 0.6 is 0 Å². The van der Waals surface area contributed by atoms with Crippen LogP contribution in [0.3, 0.4) is 0 Å². The van der Waals surface area contributed by atoms with Gasteiger partial charge >= 0.3 is 5.97 Å². The normalized spacial score (nSPS) is 12.8. The monoisotopic (exact) mass is 563 g/mol. The van der Waals surface area contributed by atoms with Crippen molar-refractivity contribution in [3.05, 3.63) is 98.1 Å². The van der Waals surface area contributed by atoms with Crippen LogP contribution < -0.4 is 11.0 Å². The van der Waals surface area contributed by atoms with E-state index in [0.29, 0.717) is 24.2 Å². The third kappa shape index (κ3) is 7.48. The Bertz CT molecular complexity index is 1680. The van der Waals surface area contributed by atoms with Gasteiger partial charge in [0.25, 0.3) is 17.2 Å². The van der Waals surface area contributed by atoms with Gasteiger partial charge < -0.3 is 14.0 Å². The molecular formula is C29H33N5O7. The first-order chi connectivity index (χ1) is 19.6. The minimum atomic E-state index is -0.749. The highest BCUT2D eigenvalue weighted by Gasteiger charge is 2.20. The smallest absolute Gasteiger partial charge is 0.341 e. The fourth-order valence-corrected chi connectivity index (χ4v) is 4.08. The van der Waals surface area contributed by atoms with Gasteiger partial charge in [-0.25, -0.2) is 9.78 Å². The molecule has 0 aliphatic heterocycles. The lowest BCUT2D eigenvalue weighted by Gasteiger charge is -2.15.